The molecule has 0 aliphatic carbocycles. The molecule has 0 aromatic carbocycles. The Hall–Kier alpha value is -1.95. The third-order valence-corrected chi connectivity index (χ3v) is 3.88. The number of thiazole rings is 1. The smallest absolute Gasteiger partial charge is 0.270 e. The maximum Gasteiger partial charge on any atom is 0.270 e. The van der Waals surface area contributed by atoms with Crippen molar-refractivity contribution in [2.75, 3.05) is 11.9 Å². The Bertz CT molecular complexity index is 579. The molecular weight excluding hydrogens is 272 g/mol. The zero-order valence-electron chi connectivity index (χ0n) is 11.8. The number of pyridine rings is 1. The van der Waals surface area contributed by atoms with E-state index in [1.54, 1.807) is 23.6 Å². The molecule has 0 aliphatic rings. The van der Waals surface area contributed by atoms with Gasteiger partial charge >= 0.3 is 0 Å². The van der Waals surface area contributed by atoms with E-state index in [9.17, 15) is 4.79 Å². The fourth-order valence-corrected chi connectivity index (χ4v) is 2.54. The fraction of sp³-hybridized carbons (Fsp3) is 0.357. The van der Waals surface area contributed by atoms with Gasteiger partial charge in [0.25, 0.3) is 5.91 Å². The number of aromatic nitrogens is 2. The highest BCUT2D eigenvalue weighted by Gasteiger charge is 2.14. The molecule has 20 heavy (non-hydrogen) atoms. The van der Waals surface area contributed by atoms with Crippen molar-refractivity contribution in [3.05, 3.63) is 40.1 Å². The van der Waals surface area contributed by atoms with Gasteiger partial charge < -0.3 is 10.6 Å². The molecule has 2 rings (SSSR count). The van der Waals surface area contributed by atoms with Crippen molar-refractivity contribution >= 4 is 22.9 Å². The summed E-state index contributed by atoms with van der Waals surface area (Å²) < 4.78 is 0. The van der Waals surface area contributed by atoms with E-state index < -0.39 is 0 Å². The lowest BCUT2D eigenvalue weighted by Gasteiger charge is -2.11. The molecule has 6 heteroatoms. The quantitative estimate of drug-likeness (QED) is 0.888. The van der Waals surface area contributed by atoms with Crippen LogP contribution in [0.1, 0.15) is 41.1 Å². The first-order chi connectivity index (χ1) is 9.60. The van der Waals surface area contributed by atoms with Crippen molar-refractivity contribution in [1.29, 1.82) is 0 Å². The summed E-state index contributed by atoms with van der Waals surface area (Å²) in [6, 6.07) is 3.45. The summed E-state index contributed by atoms with van der Waals surface area (Å²) in [5, 5.41) is 8.92. The Kier molecular flexibility index (Phi) is 4.68. The molecule has 0 fully saturated rings. The largest absolute Gasteiger partial charge is 0.384 e. The second kappa shape index (κ2) is 6.47. The van der Waals surface area contributed by atoms with Gasteiger partial charge in [-0.3, -0.25) is 4.79 Å². The van der Waals surface area contributed by atoms with Gasteiger partial charge in [-0.1, -0.05) is 0 Å². The van der Waals surface area contributed by atoms with Crippen LogP contribution in [-0.2, 0) is 0 Å². The summed E-state index contributed by atoms with van der Waals surface area (Å²) in [7, 11) is 0. The molecule has 2 heterocycles. The van der Waals surface area contributed by atoms with E-state index in [4.69, 9.17) is 0 Å². The highest BCUT2D eigenvalue weighted by molar-refractivity contribution is 7.09. The van der Waals surface area contributed by atoms with Crippen molar-refractivity contribution < 1.29 is 4.79 Å². The number of nitrogens with zero attached hydrogens (tertiary/aromatic N) is 2. The second-order valence-electron chi connectivity index (χ2n) is 4.48. The Balaban J connectivity index is 2.00. The van der Waals surface area contributed by atoms with E-state index >= 15 is 0 Å². The van der Waals surface area contributed by atoms with Gasteiger partial charge in [-0.05, 0) is 32.9 Å². The summed E-state index contributed by atoms with van der Waals surface area (Å²) in [4.78, 5) is 20.6. The minimum absolute atomic E-state index is 0.114. The molecule has 0 spiro atoms. The van der Waals surface area contributed by atoms with Gasteiger partial charge in [0.05, 0.1) is 17.9 Å². The number of amides is 1. The molecule has 2 N–H and O–H groups in total. The zero-order valence-corrected chi connectivity index (χ0v) is 12.6. The van der Waals surface area contributed by atoms with Gasteiger partial charge in [0.15, 0.2) is 0 Å². The van der Waals surface area contributed by atoms with Crippen molar-refractivity contribution in [2.24, 2.45) is 0 Å². The number of rotatable bonds is 5. The van der Waals surface area contributed by atoms with Gasteiger partial charge in [-0.2, -0.15) is 0 Å². The molecule has 0 bridgehead atoms. The lowest BCUT2D eigenvalue weighted by atomic mass is 10.3. The molecule has 0 radical (unpaired) electrons. The number of nitrogens with one attached hydrogen (secondary N) is 2. The average Bonchev–Trinajstić information content (AvgIpc) is 2.86. The first kappa shape index (κ1) is 14.5. The Morgan fingerprint density at radius 1 is 1.45 bits per heavy atom. The van der Waals surface area contributed by atoms with Crippen molar-refractivity contribution in [2.45, 2.75) is 26.8 Å². The van der Waals surface area contributed by atoms with E-state index in [0.717, 1.165) is 22.9 Å². The van der Waals surface area contributed by atoms with Crippen molar-refractivity contribution in [1.82, 2.24) is 15.3 Å². The van der Waals surface area contributed by atoms with E-state index in [1.165, 1.54) is 0 Å². The summed E-state index contributed by atoms with van der Waals surface area (Å²) in [6.45, 7) is 6.70. The highest BCUT2D eigenvalue weighted by atomic mass is 32.1. The number of carbonyl (C=O) groups excluding carboxylic acids is 1. The molecule has 0 aliphatic heterocycles. The molecule has 5 nitrogen and oxygen atoms in total. The van der Waals surface area contributed by atoms with Crippen LogP contribution in [0, 0.1) is 6.92 Å². The van der Waals surface area contributed by atoms with Crippen LogP contribution in [0.2, 0.25) is 0 Å². The minimum atomic E-state index is -0.187. The Labute approximate surface area is 122 Å². The lowest BCUT2D eigenvalue weighted by molar-refractivity contribution is 0.0935. The first-order valence-corrected chi connectivity index (χ1v) is 7.41. The summed E-state index contributed by atoms with van der Waals surface area (Å²) >= 11 is 1.55. The Morgan fingerprint density at radius 3 is 2.80 bits per heavy atom. The van der Waals surface area contributed by atoms with Gasteiger partial charge in [-0.15, -0.1) is 11.3 Å². The van der Waals surface area contributed by atoms with Crippen LogP contribution >= 0.6 is 11.3 Å². The molecule has 1 unspecified atom stereocenters. The second-order valence-corrected chi connectivity index (χ2v) is 5.37. The van der Waals surface area contributed by atoms with Gasteiger partial charge in [0.2, 0.25) is 0 Å². The standard InChI is InChI=1S/C14H18N4OS/c1-4-15-11-5-6-12(16-7-11)13(19)18-10(3)14-17-9(2)8-20-14/h5-8,10,15H,4H2,1-3H3,(H,18,19). The molecule has 106 valence electrons. The predicted octanol–water partition coefficient (Wildman–Crippen LogP) is 2.77. The number of hydrogen-bond acceptors (Lipinski definition) is 5. The number of aryl methyl sites for hydroxylation is 1. The molecule has 2 aromatic heterocycles. The van der Waals surface area contributed by atoms with Crippen LogP contribution in [0.3, 0.4) is 0 Å². The van der Waals surface area contributed by atoms with E-state index in [0.29, 0.717) is 5.69 Å². The number of carbonyl (C=O) groups is 1. The summed E-state index contributed by atoms with van der Waals surface area (Å²) in [5.41, 5.74) is 2.29. The number of anilines is 1. The fourth-order valence-electron chi connectivity index (χ4n) is 1.74. The monoisotopic (exact) mass is 290 g/mol. The normalized spacial score (nSPS) is 11.9. The average molecular weight is 290 g/mol. The lowest BCUT2D eigenvalue weighted by Crippen LogP contribution is -2.27. The van der Waals surface area contributed by atoms with Gasteiger partial charge in [0, 0.05) is 17.6 Å². The SMILES string of the molecule is CCNc1ccc(C(=O)NC(C)c2nc(C)cs2)nc1. The molecular formula is C14H18N4OS. The Morgan fingerprint density at radius 2 is 2.25 bits per heavy atom. The van der Waals surface area contributed by atoms with Crippen LogP contribution in [-0.4, -0.2) is 22.4 Å². The molecule has 0 saturated carbocycles. The van der Waals surface area contributed by atoms with Crippen LogP contribution in [0.15, 0.2) is 23.7 Å². The molecule has 2 aromatic rings. The maximum absolute atomic E-state index is 12.1. The topological polar surface area (TPSA) is 66.9 Å². The molecule has 0 saturated heterocycles. The maximum atomic E-state index is 12.1. The third-order valence-electron chi connectivity index (χ3n) is 2.73. The molecule has 1 atom stereocenters. The van der Waals surface area contributed by atoms with Gasteiger partial charge in [-0.25, -0.2) is 9.97 Å². The van der Waals surface area contributed by atoms with Gasteiger partial charge in [0.1, 0.15) is 10.7 Å². The van der Waals surface area contributed by atoms with E-state index in [2.05, 4.69) is 20.6 Å². The highest BCUT2D eigenvalue weighted by Crippen LogP contribution is 2.17. The summed E-state index contributed by atoms with van der Waals surface area (Å²) in [5.74, 6) is -0.187. The van der Waals surface area contributed by atoms with Crippen LogP contribution in [0.5, 0.6) is 0 Å². The van der Waals surface area contributed by atoms with Crippen LogP contribution < -0.4 is 10.6 Å². The van der Waals surface area contributed by atoms with Crippen molar-refractivity contribution in [3.8, 4) is 0 Å². The minimum Gasteiger partial charge on any atom is -0.384 e. The molecule has 1 amide bonds. The van der Waals surface area contributed by atoms with Crippen LogP contribution in [0.25, 0.3) is 0 Å². The summed E-state index contributed by atoms with van der Waals surface area (Å²) in [6.07, 6.45) is 1.66. The first-order valence-electron chi connectivity index (χ1n) is 6.53. The van der Waals surface area contributed by atoms with Crippen molar-refractivity contribution in [3.63, 3.8) is 0 Å². The van der Waals surface area contributed by atoms with E-state index in [-0.39, 0.29) is 11.9 Å². The van der Waals surface area contributed by atoms with Crippen LogP contribution in [0.4, 0.5) is 5.69 Å². The predicted molar refractivity (Wildman–Crippen MR) is 81.1 cm³/mol. The zero-order chi connectivity index (χ0) is 14.5. The number of hydrogen-bond donors (Lipinski definition) is 2. The third kappa shape index (κ3) is 3.54. The van der Waals surface area contributed by atoms with E-state index in [1.807, 2.05) is 32.2 Å².